The summed E-state index contributed by atoms with van der Waals surface area (Å²) in [7, 11) is 0. The summed E-state index contributed by atoms with van der Waals surface area (Å²) < 4.78 is 5.04. The predicted molar refractivity (Wildman–Crippen MR) is 72.9 cm³/mol. The van der Waals surface area contributed by atoms with Crippen molar-refractivity contribution in [3.05, 3.63) is 48.2 Å². The van der Waals surface area contributed by atoms with E-state index >= 15 is 0 Å². The van der Waals surface area contributed by atoms with Gasteiger partial charge in [0.1, 0.15) is 4.83 Å². The molecule has 2 nitrogen and oxygen atoms in total. The Morgan fingerprint density at radius 2 is 2.12 bits per heavy atom. The molecule has 0 heterocycles. The molecule has 0 aliphatic carbocycles. The zero-order valence-electron chi connectivity index (χ0n) is 9.93. The van der Waals surface area contributed by atoms with E-state index in [4.69, 9.17) is 4.74 Å². The first-order valence-electron chi connectivity index (χ1n) is 5.80. The molecule has 3 heteroatoms. The molecule has 17 heavy (non-hydrogen) atoms. The molecule has 1 unspecified atom stereocenters. The molecule has 0 aliphatic heterocycles. The molecule has 0 aliphatic rings. The molecule has 0 saturated carbocycles. The van der Waals surface area contributed by atoms with Crippen molar-refractivity contribution in [3.8, 4) is 0 Å². The molecule has 1 aromatic carbocycles. The van der Waals surface area contributed by atoms with Gasteiger partial charge in [-0.15, -0.1) is 0 Å². The van der Waals surface area contributed by atoms with Gasteiger partial charge >= 0.3 is 5.97 Å². The fraction of sp³-hybridized carbons (Fsp3) is 0.357. The van der Waals surface area contributed by atoms with Gasteiger partial charge in [0.25, 0.3) is 0 Å². The second kappa shape index (κ2) is 8.07. The van der Waals surface area contributed by atoms with E-state index < -0.39 is 4.83 Å². The molecular weight excluding hydrogens is 280 g/mol. The molecule has 0 bridgehead atoms. The monoisotopic (exact) mass is 296 g/mol. The van der Waals surface area contributed by atoms with Gasteiger partial charge in [0.05, 0.1) is 6.26 Å². The number of carbonyl (C=O) groups excluding carboxylic acids is 1. The Morgan fingerprint density at radius 3 is 2.76 bits per heavy atom. The third kappa shape index (κ3) is 5.18. The lowest BCUT2D eigenvalue weighted by Crippen LogP contribution is -2.07. The zero-order chi connectivity index (χ0) is 12.5. The number of unbranched alkanes of at least 4 members (excludes halogenated alkanes) is 2. The fourth-order valence-electron chi connectivity index (χ4n) is 1.32. The van der Waals surface area contributed by atoms with Crippen LogP contribution >= 0.6 is 15.9 Å². The quantitative estimate of drug-likeness (QED) is 0.337. The van der Waals surface area contributed by atoms with Crippen LogP contribution in [0, 0.1) is 0 Å². The third-order valence-corrected chi connectivity index (χ3v) is 3.21. The lowest BCUT2D eigenvalue weighted by molar-refractivity contribution is -0.137. The first-order chi connectivity index (χ1) is 8.25. The van der Waals surface area contributed by atoms with Crippen LogP contribution in [0.1, 0.15) is 36.6 Å². The van der Waals surface area contributed by atoms with Gasteiger partial charge in [0.2, 0.25) is 0 Å². The van der Waals surface area contributed by atoms with Crippen LogP contribution in [0.4, 0.5) is 0 Å². The zero-order valence-corrected chi connectivity index (χ0v) is 11.5. The number of ether oxygens (including phenoxy) is 1. The Morgan fingerprint density at radius 1 is 1.41 bits per heavy atom. The van der Waals surface area contributed by atoms with Gasteiger partial charge in [-0.05, 0) is 24.5 Å². The average Bonchev–Trinajstić information content (AvgIpc) is 2.38. The van der Waals surface area contributed by atoms with Crippen molar-refractivity contribution in [1.29, 1.82) is 0 Å². The molecule has 0 spiro atoms. The second-order valence-electron chi connectivity index (χ2n) is 3.72. The van der Waals surface area contributed by atoms with Gasteiger partial charge in [-0.2, -0.15) is 0 Å². The Balaban J connectivity index is 2.40. The van der Waals surface area contributed by atoms with E-state index in [0.717, 1.165) is 24.8 Å². The lowest BCUT2D eigenvalue weighted by atomic mass is 10.1. The summed E-state index contributed by atoms with van der Waals surface area (Å²) in [6.07, 6.45) is 6.57. The predicted octanol–water partition coefficient (Wildman–Crippen LogP) is 4.37. The van der Waals surface area contributed by atoms with Crippen LogP contribution < -0.4 is 0 Å². The van der Waals surface area contributed by atoms with Crippen LogP contribution in [0.15, 0.2) is 42.7 Å². The fourth-order valence-corrected chi connectivity index (χ4v) is 1.74. The number of halogens is 1. The lowest BCUT2D eigenvalue weighted by Gasteiger charge is -2.07. The molecule has 0 fully saturated rings. The number of benzene rings is 1. The normalized spacial score (nSPS) is 12.6. The average molecular weight is 297 g/mol. The van der Waals surface area contributed by atoms with Crippen molar-refractivity contribution in [2.24, 2.45) is 0 Å². The molecule has 1 rings (SSSR count). The van der Waals surface area contributed by atoms with Crippen LogP contribution in [0.3, 0.4) is 0 Å². The minimum Gasteiger partial charge on any atom is -0.434 e. The number of hydrogen-bond donors (Lipinski definition) is 0. The van der Waals surface area contributed by atoms with Crippen LogP contribution in [0.2, 0.25) is 0 Å². The topological polar surface area (TPSA) is 26.3 Å². The largest absolute Gasteiger partial charge is 0.434 e. The SMILES string of the molecule is CCCCC=COC(=O)C(Br)c1ccccc1. The summed E-state index contributed by atoms with van der Waals surface area (Å²) in [6.45, 7) is 2.13. The molecule has 0 radical (unpaired) electrons. The van der Waals surface area contributed by atoms with E-state index in [1.165, 1.54) is 6.26 Å². The number of esters is 1. The van der Waals surface area contributed by atoms with Gasteiger partial charge in [-0.25, -0.2) is 0 Å². The van der Waals surface area contributed by atoms with Gasteiger partial charge < -0.3 is 4.74 Å². The Hall–Kier alpha value is -1.09. The van der Waals surface area contributed by atoms with E-state index in [1.807, 2.05) is 36.4 Å². The summed E-state index contributed by atoms with van der Waals surface area (Å²) in [5, 5.41) is 0. The summed E-state index contributed by atoms with van der Waals surface area (Å²) in [4.78, 5) is 11.3. The van der Waals surface area contributed by atoms with Crippen molar-refractivity contribution in [2.75, 3.05) is 0 Å². The molecule has 0 N–H and O–H groups in total. The number of hydrogen-bond acceptors (Lipinski definition) is 2. The summed E-state index contributed by atoms with van der Waals surface area (Å²) in [5.41, 5.74) is 0.902. The van der Waals surface area contributed by atoms with Crippen LogP contribution in [-0.4, -0.2) is 5.97 Å². The van der Waals surface area contributed by atoms with E-state index in [1.54, 1.807) is 0 Å². The van der Waals surface area contributed by atoms with Crippen molar-refractivity contribution < 1.29 is 9.53 Å². The molecule has 0 amide bonds. The molecule has 0 saturated heterocycles. The number of carbonyl (C=O) groups is 1. The molecule has 92 valence electrons. The highest BCUT2D eigenvalue weighted by molar-refractivity contribution is 9.09. The first kappa shape index (κ1) is 14.0. The smallest absolute Gasteiger partial charge is 0.329 e. The van der Waals surface area contributed by atoms with Gasteiger partial charge in [0.15, 0.2) is 0 Å². The Kier molecular flexibility index (Phi) is 6.63. The Bertz CT molecular complexity index is 360. The number of allylic oxidation sites excluding steroid dienone is 1. The van der Waals surface area contributed by atoms with Crippen LogP contribution in [0.25, 0.3) is 0 Å². The van der Waals surface area contributed by atoms with Crippen molar-refractivity contribution >= 4 is 21.9 Å². The van der Waals surface area contributed by atoms with Crippen LogP contribution in [0.5, 0.6) is 0 Å². The van der Waals surface area contributed by atoms with Gasteiger partial charge in [-0.3, -0.25) is 4.79 Å². The standard InChI is InChI=1S/C14H17BrO2/c1-2-3-4-8-11-17-14(16)13(15)12-9-6-5-7-10-12/h5-11,13H,2-4H2,1H3. The molecule has 1 atom stereocenters. The van der Waals surface area contributed by atoms with Gasteiger partial charge in [0, 0.05) is 0 Å². The van der Waals surface area contributed by atoms with E-state index in [0.29, 0.717) is 0 Å². The summed E-state index contributed by atoms with van der Waals surface area (Å²) in [5.74, 6) is -0.288. The van der Waals surface area contributed by atoms with Crippen molar-refractivity contribution in [3.63, 3.8) is 0 Å². The maximum Gasteiger partial charge on any atom is 0.329 e. The number of rotatable bonds is 6. The van der Waals surface area contributed by atoms with Crippen molar-refractivity contribution in [2.45, 2.75) is 31.0 Å². The molecular formula is C14H17BrO2. The minimum atomic E-state index is -0.403. The summed E-state index contributed by atoms with van der Waals surface area (Å²) >= 11 is 3.33. The maximum absolute atomic E-state index is 11.7. The van der Waals surface area contributed by atoms with E-state index in [9.17, 15) is 4.79 Å². The van der Waals surface area contributed by atoms with Crippen molar-refractivity contribution in [1.82, 2.24) is 0 Å². The Labute approximate surface area is 111 Å². The van der Waals surface area contributed by atoms with E-state index in [-0.39, 0.29) is 5.97 Å². The highest BCUT2D eigenvalue weighted by Crippen LogP contribution is 2.23. The summed E-state index contributed by atoms with van der Waals surface area (Å²) in [6, 6.07) is 9.49. The third-order valence-electron chi connectivity index (χ3n) is 2.30. The first-order valence-corrected chi connectivity index (χ1v) is 6.71. The van der Waals surface area contributed by atoms with E-state index in [2.05, 4.69) is 22.9 Å². The molecule has 0 aromatic heterocycles. The highest BCUT2D eigenvalue weighted by atomic mass is 79.9. The van der Waals surface area contributed by atoms with Crippen LogP contribution in [-0.2, 0) is 9.53 Å². The minimum absolute atomic E-state index is 0.288. The maximum atomic E-state index is 11.7. The molecule has 1 aromatic rings. The second-order valence-corrected chi connectivity index (χ2v) is 4.64. The highest BCUT2D eigenvalue weighted by Gasteiger charge is 2.17. The number of alkyl halides is 1. The van der Waals surface area contributed by atoms with Gasteiger partial charge in [-0.1, -0.05) is 59.6 Å².